The lowest BCUT2D eigenvalue weighted by molar-refractivity contribution is -0.385. The molecule has 0 aliphatic carbocycles. The van der Waals surface area contributed by atoms with Crippen LogP contribution in [0.2, 0.25) is 0 Å². The van der Waals surface area contributed by atoms with E-state index in [0.717, 1.165) is 18.2 Å². The van der Waals surface area contributed by atoms with Crippen LogP contribution in [0.25, 0.3) is 0 Å². The molecule has 0 radical (unpaired) electrons. The molecule has 0 bridgehead atoms. The molecule has 1 aromatic heterocycles. The zero-order valence-electron chi connectivity index (χ0n) is 9.74. The standard InChI is InChI=1S/C11H3BrF4N2O3/c12-4-1-5(18(19)20)3-6(2-4)21-9-7(13)10(15)17-11(16)8(9)14/h1-3H. The summed E-state index contributed by atoms with van der Waals surface area (Å²) in [5, 5.41) is 10.7. The maximum absolute atomic E-state index is 13.4. The first-order chi connectivity index (χ1) is 9.79. The SMILES string of the molecule is O=[N+]([O-])c1cc(Br)cc(Oc2c(F)c(F)nc(F)c2F)c1. The van der Waals surface area contributed by atoms with Crippen LogP contribution in [0.15, 0.2) is 22.7 Å². The smallest absolute Gasteiger partial charge is 0.274 e. The van der Waals surface area contributed by atoms with E-state index in [0.29, 0.717) is 0 Å². The number of nitro benzene ring substituents is 1. The molecule has 0 N–H and O–H groups in total. The van der Waals surface area contributed by atoms with Crippen LogP contribution in [0.5, 0.6) is 11.5 Å². The quantitative estimate of drug-likeness (QED) is 0.355. The van der Waals surface area contributed by atoms with E-state index < -0.39 is 39.9 Å². The van der Waals surface area contributed by atoms with E-state index in [1.165, 1.54) is 0 Å². The molecule has 0 saturated heterocycles. The van der Waals surface area contributed by atoms with E-state index in [1.807, 2.05) is 0 Å². The summed E-state index contributed by atoms with van der Waals surface area (Å²) in [5.41, 5.74) is -0.449. The minimum atomic E-state index is -1.90. The van der Waals surface area contributed by atoms with Gasteiger partial charge in [0.25, 0.3) is 17.6 Å². The fraction of sp³-hybridized carbons (Fsp3) is 0. The maximum Gasteiger partial charge on any atom is 0.274 e. The molecule has 0 fully saturated rings. The van der Waals surface area contributed by atoms with Crippen molar-refractivity contribution in [3.05, 3.63) is 56.3 Å². The Hall–Kier alpha value is -2.23. The van der Waals surface area contributed by atoms with Gasteiger partial charge < -0.3 is 4.74 Å². The molecular formula is C11H3BrF4N2O3. The number of pyridine rings is 1. The van der Waals surface area contributed by atoms with Crippen LogP contribution in [0.3, 0.4) is 0 Å². The number of hydrogen-bond acceptors (Lipinski definition) is 4. The summed E-state index contributed by atoms with van der Waals surface area (Å²) in [7, 11) is 0. The summed E-state index contributed by atoms with van der Waals surface area (Å²) in [6, 6.07) is 3.06. The number of aromatic nitrogens is 1. The van der Waals surface area contributed by atoms with Gasteiger partial charge in [-0.1, -0.05) is 15.9 Å². The molecule has 110 valence electrons. The Morgan fingerprint density at radius 3 is 2.19 bits per heavy atom. The van der Waals surface area contributed by atoms with E-state index in [2.05, 4.69) is 25.7 Å². The van der Waals surface area contributed by atoms with Crippen molar-refractivity contribution >= 4 is 21.6 Å². The molecule has 0 atom stereocenters. The Morgan fingerprint density at radius 1 is 1.10 bits per heavy atom. The lowest BCUT2D eigenvalue weighted by atomic mass is 10.3. The molecule has 5 nitrogen and oxygen atoms in total. The van der Waals surface area contributed by atoms with Crippen molar-refractivity contribution in [3.8, 4) is 11.5 Å². The highest BCUT2D eigenvalue weighted by molar-refractivity contribution is 9.10. The van der Waals surface area contributed by atoms with Crippen LogP contribution in [-0.4, -0.2) is 9.91 Å². The van der Waals surface area contributed by atoms with E-state index in [9.17, 15) is 27.7 Å². The van der Waals surface area contributed by atoms with Crippen molar-refractivity contribution in [1.82, 2.24) is 4.98 Å². The van der Waals surface area contributed by atoms with Crippen molar-refractivity contribution in [2.24, 2.45) is 0 Å². The minimum Gasteiger partial charge on any atom is -0.450 e. The first kappa shape index (κ1) is 15.2. The number of benzene rings is 1. The molecule has 0 spiro atoms. The van der Waals surface area contributed by atoms with Crippen molar-refractivity contribution in [2.45, 2.75) is 0 Å². The summed E-state index contributed by atoms with van der Waals surface area (Å²) in [6.07, 6.45) is 0. The fourth-order valence-corrected chi connectivity index (χ4v) is 1.85. The van der Waals surface area contributed by atoms with Gasteiger partial charge in [0.2, 0.25) is 17.4 Å². The molecular weight excluding hydrogens is 364 g/mol. The van der Waals surface area contributed by atoms with Gasteiger partial charge in [-0.2, -0.15) is 22.5 Å². The van der Waals surface area contributed by atoms with Gasteiger partial charge in [-0.25, -0.2) is 0 Å². The summed E-state index contributed by atoms with van der Waals surface area (Å²) in [4.78, 5) is 12.2. The second-order valence-electron chi connectivity index (χ2n) is 3.65. The molecule has 1 aromatic carbocycles. The summed E-state index contributed by atoms with van der Waals surface area (Å²) < 4.78 is 57.4. The Kier molecular flexibility index (Phi) is 4.07. The number of rotatable bonds is 3. The van der Waals surface area contributed by atoms with Crippen molar-refractivity contribution in [3.63, 3.8) is 0 Å². The number of nitrogens with zero attached hydrogens (tertiary/aromatic N) is 2. The predicted molar refractivity (Wildman–Crippen MR) is 64.9 cm³/mol. The molecule has 0 amide bonds. The Labute approximate surface area is 122 Å². The fourth-order valence-electron chi connectivity index (χ4n) is 1.39. The van der Waals surface area contributed by atoms with Crippen LogP contribution in [0.4, 0.5) is 23.2 Å². The van der Waals surface area contributed by atoms with E-state index in [-0.39, 0.29) is 10.2 Å². The highest BCUT2D eigenvalue weighted by Gasteiger charge is 2.23. The largest absolute Gasteiger partial charge is 0.450 e. The van der Waals surface area contributed by atoms with Gasteiger partial charge in [0.05, 0.1) is 11.0 Å². The zero-order chi connectivity index (χ0) is 15.7. The highest BCUT2D eigenvalue weighted by atomic mass is 79.9. The van der Waals surface area contributed by atoms with Gasteiger partial charge in [-0.05, 0) is 6.07 Å². The van der Waals surface area contributed by atoms with Crippen molar-refractivity contribution < 1.29 is 27.2 Å². The second kappa shape index (κ2) is 5.64. The van der Waals surface area contributed by atoms with E-state index >= 15 is 0 Å². The van der Waals surface area contributed by atoms with Gasteiger partial charge >= 0.3 is 0 Å². The molecule has 2 rings (SSSR count). The third kappa shape index (κ3) is 3.10. The number of non-ortho nitro benzene ring substituents is 1. The molecule has 1 heterocycles. The lowest BCUT2D eigenvalue weighted by Crippen LogP contribution is -2.03. The van der Waals surface area contributed by atoms with Gasteiger partial charge in [0, 0.05) is 10.5 Å². The maximum atomic E-state index is 13.4. The third-order valence-corrected chi connectivity index (χ3v) is 2.70. The first-order valence-corrected chi connectivity index (χ1v) is 5.91. The zero-order valence-corrected chi connectivity index (χ0v) is 11.3. The molecule has 0 unspecified atom stereocenters. The predicted octanol–water partition coefficient (Wildman–Crippen LogP) is 4.10. The molecule has 21 heavy (non-hydrogen) atoms. The average molecular weight is 367 g/mol. The van der Waals surface area contributed by atoms with Crippen molar-refractivity contribution in [2.75, 3.05) is 0 Å². The van der Waals surface area contributed by atoms with Crippen LogP contribution < -0.4 is 4.74 Å². The summed E-state index contributed by atoms with van der Waals surface area (Å²) in [6.45, 7) is 0. The van der Waals surface area contributed by atoms with Crippen molar-refractivity contribution in [1.29, 1.82) is 0 Å². The molecule has 0 aliphatic heterocycles. The minimum absolute atomic E-state index is 0.169. The second-order valence-corrected chi connectivity index (χ2v) is 4.57. The topological polar surface area (TPSA) is 65.3 Å². The van der Waals surface area contributed by atoms with Crippen LogP contribution >= 0.6 is 15.9 Å². The Bertz CT molecular complexity index is 716. The van der Waals surface area contributed by atoms with Gasteiger partial charge in [-0.15, -0.1) is 0 Å². The van der Waals surface area contributed by atoms with E-state index in [1.54, 1.807) is 0 Å². The Morgan fingerprint density at radius 2 is 1.67 bits per heavy atom. The highest BCUT2D eigenvalue weighted by Crippen LogP contribution is 2.33. The normalized spacial score (nSPS) is 10.5. The molecule has 2 aromatic rings. The van der Waals surface area contributed by atoms with E-state index in [4.69, 9.17) is 0 Å². The van der Waals surface area contributed by atoms with Gasteiger partial charge in [0.15, 0.2) is 0 Å². The van der Waals surface area contributed by atoms with Crippen LogP contribution in [0.1, 0.15) is 0 Å². The third-order valence-electron chi connectivity index (χ3n) is 2.24. The lowest BCUT2D eigenvalue weighted by Gasteiger charge is -2.08. The Balaban J connectivity index is 2.50. The molecule has 10 heteroatoms. The summed E-state index contributed by atoms with van der Waals surface area (Å²) in [5.74, 6) is -9.26. The molecule has 0 aliphatic rings. The monoisotopic (exact) mass is 366 g/mol. The van der Waals surface area contributed by atoms with Crippen LogP contribution in [0, 0.1) is 33.6 Å². The van der Waals surface area contributed by atoms with Gasteiger partial charge in [0.1, 0.15) is 5.75 Å². The average Bonchev–Trinajstić information content (AvgIpc) is 2.41. The number of halogens is 5. The van der Waals surface area contributed by atoms with Crippen LogP contribution in [-0.2, 0) is 0 Å². The first-order valence-electron chi connectivity index (χ1n) is 5.12. The number of ether oxygens (including phenoxy) is 1. The summed E-state index contributed by atoms with van der Waals surface area (Å²) >= 11 is 2.93. The van der Waals surface area contributed by atoms with Gasteiger partial charge in [-0.3, -0.25) is 10.1 Å². The number of hydrogen-bond donors (Lipinski definition) is 0. The number of nitro groups is 1. The molecule has 0 saturated carbocycles.